The second-order valence-electron chi connectivity index (χ2n) is 8.73. The Morgan fingerprint density at radius 1 is 1.06 bits per heavy atom. The van der Waals surface area contributed by atoms with Crippen LogP contribution in [0.25, 0.3) is 0 Å². The first kappa shape index (κ1) is 23.5. The van der Waals surface area contributed by atoms with Crippen LogP contribution in [0.1, 0.15) is 51.8 Å². The number of carbonyl (C=O) groups is 1. The molecular weight excluding hydrogens is 432 g/mol. The van der Waals surface area contributed by atoms with Gasteiger partial charge in [0.25, 0.3) is 5.91 Å². The van der Waals surface area contributed by atoms with Crippen LogP contribution < -0.4 is 10.1 Å². The Morgan fingerprint density at radius 3 is 2.30 bits per heavy atom. The van der Waals surface area contributed by atoms with Crippen LogP contribution in [0.15, 0.2) is 54.6 Å². The Bertz CT molecular complexity index is 1080. The number of ether oxygens (including phenoxy) is 2. The molecule has 4 rings (SSSR count). The number of rotatable bonds is 6. The highest BCUT2D eigenvalue weighted by Gasteiger charge is 2.34. The summed E-state index contributed by atoms with van der Waals surface area (Å²) < 4.78 is 11.4. The van der Waals surface area contributed by atoms with E-state index in [0.717, 1.165) is 29.4 Å². The molecule has 0 spiro atoms. The number of hydrogen-bond acceptors (Lipinski definition) is 5. The quantitative estimate of drug-likeness (QED) is 0.499. The minimum Gasteiger partial charge on any atom is -0.497 e. The fourth-order valence-electron chi connectivity index (χ4n) is 4.61. The van der Waals surface area contributed by atoms with Crippen LogP contribution in [0.3, 0.4) is 0 Å². The molecular formula is C27H32N2O3S. The molecule has 2 aromatic carbocycles. The van der Waals surface area contributed by atoms with Crippen LogP contribution in [0.4, 0.5) is 5.00 Å². The van der Waals surface area contributed by atoms with E-state index >= 15 is 0 Å². The molecule has 1 saturated heterocycles. The number of carbonyl (C=O) groups excluding carboxylic acids is 1. The van der Waals surface area contributed by atoms with Crippen molar-refractivity contribution in [1.82, 2.24) is 4.90 Å². The third-order valence-corrected chi connectivity index (χ3v) is 7.35. The molecule has 33 heavy (non-hydrogen) atoms. The zero-order valence-corrected chi connectivity index (χ0v) is 20.7. The molecule has 1 aromatic heterocycles. The molecule has 1 aliphatic heterocycles. The summed E-state index contributed by atoms with van der Waals surface area (Å²) in [5.41, 5.74) is 4.21. The number of amides is 1. The molecule has 1 aliphatic rings. The first-order valence-corrected chi connectivity index (χ1v) is 12.2. The summed E-state index contributed by atoms with van der Waals surface area (Å²) in [7, 11) is 1.68. The largest absolute Gasteiger partial charge is 0.497 e. The van der Waals surface area contributed by atoms with E-state index < -0.39 is 0 Å². The molecule has 1 N–H and O–H groups in total. The number of hydrogen-bond donors (Lipinski definition) is 1. The van der Waals surface area contributed by atoms with Crippen molar-refractivity contribution < 1.29 is 14.3 Å². The predicted octanol–water partition coefficient (Wildman–Crippen LogP) is 5.82. The van der Waals surface area contributed by atoms with Crippen LogP contribution in [-0.4, -0.2) is 43.2 Å². The van der Waals surface area contributed by atoms with E-state index in [-0.39, 0.29) is 24.2 Å². The lowest BCUT2D eigenvalue weighted by molar-refractivity contribution is -0.0765. The molecule has 174 valence electrons. The summed E-state index contributed by atoms with van der Waals surface area (Å²) in [5.74, 6) is 0.743. The number of anilines is 1. The van der Waals surface area contributed by atoms with Crippen molar-refractivity contribution in [3.63, 3.8) is 0 Å². The van der Waals surface area contributed by atoms with Gasteiger partial charge >= 0.3 is 0 Å². The summed E-state index contributed by atoms with van der Waals surface area (Å²) in [6.45, 7) is 10.2. The molecule has 2 heterocycles. The van der Waals surface area contributed by atoms with Crippen molar-refractivity contribution in [3.8, 4) is 5.75 Å². The second kappa shape index (κ2) is 10.1. The zero-order valence-electron chi connectivity index (χ0n) is 19.9. The summed E-state index contributed by atoms with van der Waals surface area (Å²) in [6.07, 6.45) is 0.272. The van der Waals surface area contributed by atoms with Gasteiger partial charge in [0.15, 0.2) is 0 Å². The number of benzene rings is 2. The van der Waals surface area contributed by atoms with Crippen LogP contribution in [-0.2, 0) is 4.74 Å². The highest BCUT2D eigenvalue weighted by Crippen LogP contribution is 2.43. The van der Waals surface area contributed by atoms with E-state index in [9.17, 15) is 4.79 Å². The summed E-state index contributed by atoms with van der Waals surface area (Å²) >= 11 is 1.65. The smallest absolute Gasteiger partial charge is 0.256 e. The predicted molar refractivity (Wildman–Crippen MR) is 135 cm³/mol. The van der Waals surface area contributed by atoms with Crippen molar-refractivity contribution in [1.29, 1.82) is 0 Å². The zero-order chi connectivity index (χ0) is 23.5. The Kier molecular flexibility index (Phi) is 7.17. The molecule has 3 unspecified atom stereocenters. The number of aryl methyl sites for hydroxylation is 1. The Hall–Kier alpha value is -2.67. The molecule has 0 saturated carbocycles. The molecule has 5 nitrogen and oxygen atoms in total. The van der Waals surface area contributed by atoms with Gasteiger partial charge in [0.05, 0.1) is 25.4 Å². The standard InChI is InChI=1S/C27H32N2O3S/c1-17-15-29(16-18(2)32-17)25(21-11-13-23(31-5)14-12-21)24-19(3)20(4)33-27(24)28-26(30)22-9-7-6-8-10-22/h6-14,17-18,25H,15-16H2,1-5H3,(H,28,30). The lowest BCUT2D eigenvalue weighted by Gasteiger charge is -2.41. The molecule has 1 fully saturated rings. The molecule has 6 heteroatoms. The average molecular weight is 465 g/mol. The highest BCUT2D eigenvalue weighted by atomic mass is 32.1. The van der Waals surface area contributed by atoms with Gasteiger partial charge in [-0.15, -0.1) is 11.3 Å². The van der Waals surface area contributed by atoms with E-state index in [1.54, 1.807) is 18.4 Å². The van der Waals surface area contributed by atoms with Gasteiger partial charge in [-0.05, 0) is 63.1 Å². The van der Waals surface area contributed by atoms with Crippen molar-refractivity contribution in [2.24, 2.45) is 0 Å². The van der Waals surface area contributed by atoms with Gasteiger partial charge in [-0.3, -0.25) is 9.69 Å². The SMILES string of the molecule is COc1ccc(C(c2c(NC(=O)c3ccccc3)sc(C)c2C)N2CC(C)OC(C)C2)cc1. The average Bonchev–Trinajstić information content (AvgIpc) is 3.07. The maximum absolute atomic E-state index is 13.1. The van der Waals surface area contributed by atoms with E-state index in [4.69, 9.17) is 9.47 Å². The highest BCUT2D eigenvalue weighted by molar-refractivity contribution is 7.16. The molecule has 3 atom stereocenters. The summed E-state index contributed by atoms with van der Waals surface area (Å²) in [5, 5.41) is 4.13. The fraction of sp³-hybridized carbons (Fsp3) is 0.370. The molecule has 1 amide bonds. The van der Waals surface area contributed by atoms with Crippen molar-refractivity contribution in [2.75, 3.05) is 25.5 Å². The van der Waals surface area contributed by atoms with Gasteiger partial charge in [-0.2, -0.15) is 0 Å². The van der Waals surface area contributed by atoms with Gasteiger partial charge in [0.1, 0.15) is 10.8 Å². The Morgan fingerprint density at radius 2 is 1.70 bits per heavy atom. The van der Waals surface area contributed by atoms with Crippen molar-refractivity contribution in [2.45, 2.75) is 45.9 Å². The number of thiophene rings is 1. The van der Waals surface area contributed by atoms with Gasteiger partial charge in [0, 0.05) is 29.1 Å². The van der Waals surface area contributed by atoms with E-state index in [1.165, 1.54) is 16.0 Å². The van der Waals surface area contributed by atoms with Crippen LogP contribution in [0.5, 0.6) is 5.75 Å². The maximum Gasteiger partial charge on any atom is 0.256 e. The first-order chi connectivity index (χ1) is 15.9. The van der Waals surface area contributed by atoms with E-state index in [2.05, 4.69) is 50.0 Å². The number of nitrogens with one attached hydrogen (secondary N) is 1. The topological polar surface area (TPSA) is 50.8 Å². The lowest BCUT2D eigenvalue weighted by Crippen LogP contribution is -2.47. The van der Waals surface area contributed by atoms with Gasteiger partial charge < -0.3 is 14.8 Å². The normalized spacial score (nSPS) is 19.8. The van der Waals surface area contributed by atoms with Gasteiger partial charge in [-0.1, -0.05) is 30.3 Å². The number of methoxy groups -OCH3 is 1. The van der Waals surface area contributed by atoms with Crippen LogP contribution in [0.2, 0.25) is 0 Å². The molecule has 3 aromatic rings. The van der Waals surface area contributed by atoms with Crippen molar-refractivity contribution in [3.05, 3.63) is 81.7 Å². The molecule has 0 radical (unpaired) electrons. The minimum atomic E-state index is -0.0877. The minimum absolute atomic E-state index is 0.000675. The van der Waals surface area contributed by atoms with E-state index in [0.29, 0.717) is 5.56 Å². The third-order valence-electron chi connectivity index (χ3n) is 6.21. The Balaban J connectivity index is 1.78. The third kappa shape index (κ3) is 5.13. The monoisotopic (exact) mass is 464 g/mol. The molecule has 0 aliphatic carbocycles. The first-order valence-electron chi connectivity index (χ1n) is 11.4. The lowest BCUT2D eigenvalue weighted by atomic mass is 9.93. The number of morpholine rings is 1. The second-order valence-corrected chi connectivity index (χ2v) is 9.96. The van der Waals surface area contributed by atoms with Crippen LogP contribution >= 0.6 is 11.3 Å². The van der Waals surface area contributed by atoms with Crippen molar-refractivity contribution >= 4 is 22.2 Å². The van der Waals surface area contributed by atoms with E-state index in [1.807, 2.05) is 42.5 Å². The summed E-state index contributed by atoms with van der Waals surface area (Å²) in [6, 6.07) is 17.6. The van der Waals surface area contributed by atoms with Crippen LogP contribution in [0, 0.1) is 13.8 Å². The summed E-state index contributed by atoms with van der Waals surface area (Å²) in [4.78, 5) is 16.7. The van der Waals surface area contributed by atoms with Gasteiger partial charge in [-0.25, -0.2) is 0 Å². The maximum atomic E-state index is 13.1. The van der Waals surface area contributed by atoms with Gasteiger partial charge in [0.2, 0.25) is 0 Å². The fourth-order valence-corrected chi connectivity index (χ4v) is 5.69. The molecule has 0 bridgehead atoms. The number of nitrogens with zero attached hydrogens (tertiary/aromatic N) is 1. The Labute approximate surface area is 200 Å².